The number of methoxy groups -OCH3 is 1. The van der Waals surface area contributed by atoms with E-state index in [0.717, 1.165) is 35.3 Å². The number of benzene rings is 2. The van der Waals surface area contributed by atoms with Crippen LogP contribution in [0.4, 0.5) is 0 Å². The topological polar surface area (TPSA) is 72.8 Å². The van der Waals surface area contributed by atoms with Crippen LogP contribution in [0.3, 0.4) is 0 Å². The van der Waals surface area contributed by atoms with Crippen LogP contribution in [0.1, 0.15) is 89.2 Å². The van der Waals surface area contributed by atoms with E-state index in [4.69, 9.17) is 26.2 Å². The van der Waals surface area contributed by atoms with Crippen molar-refractivity contribution < 1.29 is 24.2 Å². The molecule has 0 heterocycles. The fourth-order valence-corrected chi connectivity index (χ4v) is 5.55. The molecule has 0 aromatic heterocycles. The van der Waals surface area contributed by atoms with Gasteiger partial charge in [0.1, 0.15) is 6.29 Å². The Morgan fingerprint density at radius 2 is 1.65 bits per heavy atom. The van der Waals surface area contributed by atoms with Gasteiger partial charge < -0.3 is 14.6 Å². The number of halogens is 1. The Labute approximate surface area is 265 Å². The predicted molar refractivity (Wildman–Crippen MR) is 180 cm³/mol. The van der Waals surface area contributed by atoms with Gasteiger partial charge in [-0.15, -0.1) is 0 Å². The molecule has 0 amide bonds. The molecule has 0 spiro atoms. The number of carbonyl (C=O) groups excluding carboxylic acids is 2. The lowest BCUT2D eigenvalue weighted by molar-refractivity contribution is -0.130. The van der Waals surface area contributed by atoms with Gasteiger partial charge >= 0.3 is 0 Å². The van der Waals surface area contributed by atoms with Crippen molar-refractivity contribution in [2.24, 2.45) is 11.8 Å². The summed E-state index contributed by atoms with van der Waals surface area (Å²) >= 11 is 6.75. The molecule has 0 saturated heterocycles. The van der Waals surface area contributed by atoms with Gasteiger partial charge in [0.15, 0.2) is 0 Å². The number of hydrogen-bond acceptors (Lipinski definition) is 5. The Kier molecular flexibility index (Phi) is 20.3. The summed E-state index contributed by atoms with van der Waals surface area (Å²) in [5, 5.41) is 8.89. The highest BCUT2D eigenvalue weighted by molar-refractivity contribution is 6.33. The predicted octanol–water partition coefficient (Wildman–Crippen LogP) is 9.16. The van der Waals surface area contributed by atoms with Crippen molar-refractivity contribution >= 4 is 24.4 Å². The lowest BCUT2D eigenvalue weighted by atomic mass is 9.75. The van der Waals surface area contributed by atoms with E-state index in [1.54, 1.807) is 21.0 Å². The molecule has 2 aromatic rings. The monoisotopic (exact) mass is 612 g/mol. The Morgan fingerprint density at radius 1 is 1.02 bits per heavy atom. The standard InChI is InChI=1S/C29H39ClO3.C4H8O.C4H6O/c1-3-4-5-6-22-7-13-26(14-8-22)28-16-15-27(18-29(28)30)25-11-9-23(10-12-25)17-24(19-32-2)20-33-21-31;2*1-4(2)3-5/h7-8,13-16,18,21,23-25H,3-6,9-12,17,19-20H2,1-2H3;5H,1,3H2,2H3;3H,1H2,2H3. The summed E-state index contributed by atoms with van der Waals surface area (Å²) in [6, 6.07) is 15.5. The molecule has 1 N–H and O–H groups in total. The molecule has 3 rings (SSSR count). The number of ether oxygens (including phenoxy) is 2. The molecule has 1 fully saturated rings. The summed E-state index contributed by atoms with van der Waals surface area (Å²) in [6.45, 7) is 14.2. The lowest BCUT2D eigenvalue weighted by Crippen LogP contribution is -2.22. The van der Waals surface area contributed by atoms with E-state index in [-0.39, 0.29) is 12.5 Å². The van der Waals surface area contributed by atoms with Crippen molar-refractivity contribution in [2.45, 2.75) is 84.5 Å². The van der Waals surface area contributed by atoms with Crippen LogP contribution in [0.25, 0.3) is 11.1 Å². The zero-order valence-electron chi connectivity index (χ0n) is 26.8. The fourth-order valence-electron chi connectivity index (χ4n) is 5.25. The second-order valence-corrected chi connectivity index (χ2v) is 12.1. The number of carbonyl (C=O) groups is 2. The van der Waals surface area contributed by atoms with Crippen LogP contribution < -0.4 is 0 Å². The van der Waals surface area contributed by atoms with E-state index in [9.17, 15) is 9.59 Å². The molecule has 0 bridgehead atoms. The molecule has 1 aliphatic rings. The normalized spacial score (nSPS) is 16.4. The van der Waals surface area contributed by atoms with E-state index in [2.05, 4.69) is 62.5 Å². The molecule has 6 heteroatoms. The Bertz CT molecular complexity index is 1090. The first kappa shape index (κ1) is 38.3. The quantitative estimate of drug-likeness (QED) is 0.0939. The van der Waals surface area contributed by atoms with E-state index in [1.807, 2.05) is 0 Å². The molecule has 0 radical (unpaired) electrons. The molecule has 238 valence electrons. The first-order valence-electron chi connectivity index (χ1n) is 15.5. The van der Waals surface area contributed by atoms with Crippen molar-refractivity contribution in [2.75, 3.05) is 26.9 Å². The average molecular weight is 613 g/mol. The highest BCUT2D eigenvalue weighted by Gasteiger charge is 2.25. The maximum absolute atomic E-state index is 10.5. The summed E-state index contributed by atoms with van der Waals surface area (Å²) in [7, 11) is 1.71. The largest absolute Gasteiger partial charge is 0.468 e. The van der Waals surface area contributed by atoms with E-state index in [0.29, 0.717) is 37.1 Å². The van der Waals surface area contributed by atoms with Crippen molar-refractivity contribution in [3.8, 4) is 11.1 Å². The Morgan fingerprint density at radius 3 is 2.14 bits per heavy atom. The van der Waals surface area contributed by atoms with Crippen LogP contribution in [0.5, 0.6) is 0 Å². The third-order valence-electron chi connectivity index (χ3n) is 7.59. The Balaban J connectivity index is 0.000000798. The van der Waals surface area contributed by atoms with Crippen LogP contribution in [0.15, 0.2) is 66.8 Å². The van der Waals surface area contributed by atoms with Crippen molar-refractivity contribution in [1.29, 1.82) is 0 Å². The van der Waals surface area contributed by atoms with Crippen molar-refractivity contribution in [3.05, 3.63) is 82.9 Å². The molecule has 5 nitrogen and oxygen atoms in total. The van der Waals surface area contributed by atoms with E-state index in [1.165, 1.54) is 61.6 Å². The fraction of sp³-hybridized carbons (Fsp3) is 0.514. The van der Waals surface area contributed by atoms with Gasteiger partial charge in [0.25, 0.3) is 6.47 Å². The Hall–Kier alpha value is -2.73. The summed E-state index contributed by atoms with van der Waals surface area (Å²) in [4.78, 5) is 19.9. The lowest BCUT2D eigenvalue weighted by Gasteiger charge is -2.31. The first-order valence-corrected chi connectivity index (χ1v) is 15.8. The minimum Gasteiger partial charge on any atom is -0.468 e. The highest BCUT2D eigenvalue weighted by Crippen LogP contribution is 2.40. The third kappa shape index (κ3) is 16.1. The van der Waals surface area contributed by atoms with Crippen LogP contribution in [0, 0.1) is 11.8 Å². The van der Waals surface area contributed by atoms with Gasteiger partial charge in [0, 0.05) is 23.6 Å². The molecule has 0 aliphatic heterocycles. The van der Waals surface area contributed by atoms with Gasteiger partial charge in [-0.05, 0) is 99.0 Å². The minimum atomic E-state index is 0.111. The maximum atomic E-state index is 10.5. The molecule has 43 heavy (non-hydrogen) atoms. The van der Waals surface area contributed by atoms with Crippen LogP contribution in [-0.2, 0) is 25.5 Å². The number of hydrogen-bond donors (Lipinski definition) is 1. The van der Waals surface area contributed by atoms with E-state index < -0.39 is 0 Å². The summed E-state index contributed by atoms with van der Waals surface area (Å²) in [5.41, 5.74) is 6.45. The van der Waals surface area contributed by atoms with Gasteiger partial charge in [0.2, 0.25) is 0 Å². The first-order chi connectivity index (χ1) is 20.7. The van der Waals surface area contributed by atoms with Gasteiger partial charge in [-0.2, -0.15) is 0 Å². The van der Waals surface area contributed by atoms with Gasteiger partial charge in [0.05, 0.1) is 19.8 Å². The number of allylic oxidation sites excluding steroid dienone is 1. The summed E-state index contributed by atoms with van der Waals surface area (Å²) in [6.07, 6.45) is 11.5. The van der Waals surface area contributed by atoms with Crippen LogP contribution in [-0.4, -0.2) is 44.8 Å². The number of aryl methyl sites for hydroxylation is 1. The van der Waals surface area contributed by atoms with Gasteiger partial charge in [-0.25, -0.2) is 0 Å². The number of aldehydes is 1. The van der Waals surface area contributed by atoms with Crippen molar-refractivity contribution in [3.63, 3.8) is 0 Å². The molecular formula is C37H53ClO5. The number of unbranched alkanes of at least 4 members (excludes halogenated alkanes) is 2. The van der Waals surface area contributed by atoms with Crippen LogP contribution >= 0.6 is 11.6 Å². The second-order valence-electron chi connectivity index (χ2n) is 11.7. The summed E-state index contributed by atoms with van der Waals surface area (Å²) in [5.74, 6) is 1.52. The number of aliphatic hydroxyl groups excluding tert-OH is 1. The smallest absolute Gasteiger partial charge is 0.293 e. The van der Waals surface area contributed by atoms with E-state index >= 15 is 0 Å². The zero-order chi connectivity index (χ0) is 32.0. The molecule has 1 aliphatic carbocycles. The van der Waals surface area contributed by atoms with Crippen molar-refractivity contribution in [1.82, 2.24) is 0 Å². The minimum absolute atomic E-state index is 0.111. The van der Waals surface area contributed by atoms with Crippen LogP contribution in [0.2, 0.25) is 5.02 Å². The average Bonchev–Trinajstić information content (AvgIpc) is 3.01. The SMILES string of the molecule is C=C(C)C=O.C=C(C)CO.CCCCCc1ccc(-c2ccc(C3CCC(CC(COC)COC=O)CC3)cc2Cl)cc1. The molecule has 1 atom stereocenters. The third-order valence-corrected chi connectivity index (χ3v) is 7.90. The summed E-state index contributed by atoms with van der Waals surface area (Å²) < 4.78 is 10.3. The van der Waals surface area contributed by atoms with Gasteiger partial charge in [-0.3, -0.25) is 9.59 Å². The molecular weight excluding hydrogens is 560 g/mol. The number of rotatable bonds is 15. The highest BCUT2D eigenvalue weighted by atomic mass is 35.5. The zero-order valence-corrected chi connectivity index (χ0v) is 27.5. The maximum Gasteiger partial charge on any atom is 0.293 e. The van der Waals surface area contributed by atoms with Gasteiger partial charge in [-0.1, -0.05) is 86.5 Å². The molecule has 2 aromatic carbocycles. The number of aliphatic hydroxyl groups is 1. The molecule has 1 unspecified atom stereocenters. The second kappa shape index (κ2) is 22.8. The molecule has 1 saturated carbocycles.